The molecule has 2 aromatic carbocycles. The molecule has 3 aromatic rings. The van der Waals surface area contributed by atoms with Gasteiger partial charge in [-0.05, 0) is 56.0 Å². The van der Waals surface area contributed by atoms with Crippen LogP contribution in [-0.2, 0) is 21.4 Å². The number of hydrogen-bond acceptors (Lipinski definition) is 5. The largest absolute Gasteiger partial charge is 0.419 e. The van der Waals surface area contributed by atoms with E-state index in [-0.39, 0.29) is 29.4 Å². The Balaban J connectivity index is 1.52. The van der Waals surface area contributed by atoms with Crippen LogP contribution in [0.15, 0.2) is 50.5 Å². The number of carbonyl (C=O) groups is 1. The number of carbonyl (C=O) groups excluding carboxylic acids is 1. The monoisotopic (exact) mass is 443 g/mol. The highest BCUT2D eigenvalue weighted by atomic mass is 32.2. The second-order valence-electron chi connectivity index (χ2n) is 7.88. The van der Waals surface area contributed by atoms with E-state index in [0.29, 0.717) is 18.6 Å². The Labute approximate surface area is 180 Å². The van der Waals surface area contributed by atoms with Crippen LogP contribution in [-0.4, -0.2) is 36.3 Å². The van der Waals surface area contributed by atoms with Crippen molar-refractivity contribution in [2.24, 2.45) is 0 Å². The fourth-order valence-electron chi connectivity index (χ4n) is 3.79. The molecular formula is C22H25N3O5S. The van der Waals surface area contributed by atoms with Gasteiger partial charge in [-0.3, -0.25) is 9.36 Å². The molecule has 0 unspecified atom stereocenters. The van der Waals surface area contributed by atoms with E-state index in [1.54, 1.807) is 6.07 Å². The van der Waals surface area contributed by atoms with Crippen LogP contribution in [0.5, 0.6) is 0 Å². The average molecular weight is 444 g/mol. The van der Waals surface area contributed by atoms with Crippen LogP contribution in [0, 0.1) is 13.8 Å². The highest BCUT2D eigenvalue weighted by molar-refractivity contribution is 7.89. The summed E-state index contributed by atoms with van der Waals surface area (Å²) in [6.45, 7) is 4.99. The predicted molar refractivity (Wildman–Crippen MR) is 118 cm³/mol. The predicted octanol–water partition coefficient (Wildman–Crippen LogP) is 3.02. The molecule has 31 heavy (non-hydrogen) atoms. The van der Waals surface area contributed by atoms with Gasteiger partial charge in [-0.1, -0.05) is 12.1 Å². The number of fused-ring (bicyclic) bond motifs is 1. The maximum absolute atomic E-state index is 12.8. The zero-order valence-corrected chi connectivity index (χ0v) is 18.4. The van der Waals surface area contributed by atoms with Crippen molar-refractivity contribution in [2.45, 2.75) is 44.6 Å². The van der Waals surface area contributed by atoms with Gasteiger partial charge in [0.15, 0.2) is 5.58 Å². The molecule has 2 heterocycles. The van der Waals surface area contributed by atoms with Gasteiger partial charge in [0.05, 0.1) is 10.4 Å². The van der Waals surface area contributed by atoms with Crippen molar-refractivity contribution in [1.29, 1.82) is 0 Å². The summed E-state index contributed by atoms with van der Waals surface area (Å²) in [5, 5.41) is 2.87. The summed E-state index contributed by atoms with van der Waals surface area (Å²) in [7, 11) is -3.60. The van der Waals surface area contributed by atoms with Crippen molar-refractivity contribution in [3.05, 3.63) is 58.1 Å². The quantitative estimate of drug-likeness (QED) is 0.631. The van der Waals surface area contributed by atoms with Crippen molar-refractivity contribution in [2.75, 3.05) is 18.4 Å². The van der Waals surface area contributed by atoms with Crippen LogP contribution < -0.4 is 11.1 Å². The van der Waals surface area contributed by atoms with Gasteiger partial charge in [0.25, 0.3) is 0 Å². The number of oxazole rings is 1. The Morgan fingerprint density at radius 1 is 1.10 bits per heavy atom. The van der Waals surface area contributed by atoms with E-state index in [1.807, 2.05) is 32.0 Å². The lowest BCUT2D eigenvalue weighted by Gasteiger charge is -2.15. The normalized spacial score (nSPS) is 14.9. The molecule has 1 saturated heterocycles. The zero-order valence-electron chi connectivity index (χ0n) is 17.6. The summed E-state index contributed by atoms with van der Waals surface area (Å²) < 4.78 is 33.6. The first kappa shape index (κ1) is 21.3. The number of hydrogen-bond donors (Lipinski definition) is 1. The lowest BCUT2D eigenvalue weighted by Crippen LogP contribution is -2.27. The number of nitrogens with one attached hydrogen (secondary N) is 1. The van der Waals surface area contributed by atoms with Crippen LogP contribution >= 0.6 is 0 Å². The van der Waals surface area contributed by atoms with E-state index in [9.17, 15) is 18.0 Å². The third-order valence-corrected chi connectivity index (χ3v) is 7.47. The molecule has 8 nitrogen and oxygen atoms in total. The topological polar surface area (TPSA) is 102 Å². The number of nitrogens with zero attached hydrogens (tertiary/aromatic N) is 2. The second-order valence-corrected chi connectivity index (χ2v) is 9.81. The number of sulfonamides is 1. The zero-order chi connectivity index (χ0) is 22.2. The van der Waals surface area contributed by atoms with E-state index in [0.717, 1.165) is 29.7 Å². The van der Waals surface area contributed by atoms with E-state index in [2.05, 4.69) is 5.32 Å². The fourth-order valence-corrected chi connectivity index (χ4v) is 5.33. The van der Waals surface area contributed by atoms with Crippen molar-refractivity contribution >= 4 is 32.7 Å². The minimum Gasteiger partial charge on any atom is -0.408 e. The van der Waals surface area contributed by atoms with Crippen LogP contribution in [0.3, 0.4) is 0 Å². The van der Waals surface area contributed by atoms with Crippen molar-refractivity contribution in [3.8, 4) is 0 Å². The van der Waals surface area contributed by atoms with E-state index in [4.69, 9.17) is 4.42 Å². The maximum atomic E-state index is 12.8. The lowest BCUT2D eigenvalue weighted by atomic mass is 10.1. The number of anilines is 1. The number of amides is 1. The second kappa shape index (κ2) is 8.32. The minimum absolute atomic E-state index is 0.0791. The average Bonchev–Trinajstić information content (AvgIpc) is 3.37. The van der Waals surface area contributed by atoms with Gasteiger partial charge in [0.1, 0.15) is 0 Å². The molecule has 164 valence electrons. The van der Waals surface area contributed by atoms with Crippen LogP contribution in [0.1, 0.15) is 30.4 Å². The molecule has 1 aliphatic rings. The summed E-state index contributed by atoms with van der Waals surface area (Å²) in [4.78, 5) is 24.8. The summed E-state index contributed by atoms with van der Waals surface area (Å²) in [5.41, 5.74) is 3.39. The van der Waals surface area contributed by atoms with Gasteiger partial charge in [-0.25, -0.2) is 13.2 Å². The smallest absolute Gasteiger partial charge is 0.408 e. The molecule has 1 aliphatic heterocycles. The molecule has 1 aromatic heterocycles. The van der Waals surface area contributed by atoms with Gasteiger partial charge < -0.3 is 9.73 Å². The van der Waals surface area contributed by atoms with Gasteiger partial charge in [0, 0.05) is 37.8 Å². The number of aromatic nitrogens is 1. The molecule has 0 aliphatic carbocycles. The highest BCUT2D eigenvalue weighted by Gasteiger charge is 2.28. The van der Waals surface area contributed by atoms with Crippen LogP contribution in [0.2, 0.25) is 0 Å². The van der Waals surface area contributed by atoms with Gasteiger partial charge in [-0.2, -0.15) is 4.31 Å². The molecule has 0 saturated carbocycles. The van der Waals surface area contributed by atoms with Crippen LogP contribution in [0.25, 0.3) is 11.1 Å². The molecule has 0 atom stereocenters. The van der Waals surface area contributed by atoms with Gasteiger partial charge >= 0.3 is 5.76 Å². The van der Waals surface area contributed by atoms with Crippen molar-refractivity contribution in [3.63, 3.8) is 0 Å². The fraction of sp³-hybridized carbons (Fsp3) is 0.364. The molecule has 0 bridgehead atoms. The minimum atomic E-state index is -3.60. The third-order valence-electron chi connectivity index (χ3n) is 5.57. The van der Waals surface area contributed by atoms with E-state index < -0.39 is 15.8 Å². The summed E-state index contributed by atoms with van der Waals surface area (Å²) in [6.07, 6.45) is 1.77. The first-order chi connectivity index (χ1) is 14.8. The Morgan fingerprint density at radius 2 is 1.84 bits per heavy atom. The SMILES string of the molecule is Cc1ccc(C)c(NC(=O)CCn2c(=O)oc3cc(S(=O)(=O)N4CCCC4)ccc32)c1. The Kier molecular flexibility index (Phi) is 5.72. The summed E-state index contributed by atoms with van der Waals surface area (Å²) in [5.74, 6) is -0.839. The lowest BCUT2D eigenvalue weighted by molar-refractivity contribution is -0.116. The molecular weight excluding hydrogens is 418 g/mol. The Hall–Kier alpha value is -2.91. The molecule has 4 rings (SSSR count). The van der Waals surface area contributed by atoms with Crippen molar-refractivity contribution < 1.29 is 17.6 Å². The van der Waals surface area contributed by atoms with Gasteiger partial charge in [-0.15, -0.1) is 0 Å². The van der Waals surface area contributed by atoms with E-state index >= 15 is 0 Å². The number of rotatable bonds is 6. The van der Waals surface area contributed by atoms with Gasteiger partial charge in [0.2, 0.25) is 15.9 Å². The molecule has 9 heteroatoms. The molecule has 1 N–H and O–H groups in total. The third kappa shape index (κ3) is 4.28. The number of aryl methyl sites for hydroxylation is 3. The van der Waals surface area contributed by atoms with Crippen LogP contribution in [0.4, 0.5) is 5.69 Å². The molecule has 0 spiro atoms. The Bertz CT molecular complexity index is 1300. The summed E-state index contributed by atoms with van der Waals surface area (Å²) in [6, 6.07) is 10.2. The molecule has 0 radical (unpaired) electrons. The van der Waals surface area contributed by atoms with Crippen molar-refractivity contribution in [1.82, 2.24) is 8.87 Å². The maximum Gasteiger partial charge on any atom is 0.419 e. The standard InChI is InChI=1S/C22H25N3O5S/c1-15-5-6-16(2)18(13-15)23-21(26)9-12-25-19-8-7-17(14-20(19)30-22(25)27)31(28,29)24-10-3-4-11-24/h5-8,13-14H,3-4,9-12H2,1-2H3,(H,23,26). The molecule has 1 fully saturated rings. The summed E-state index contributed by atoms with van der Waals surface area (Å²) >= 11 is 0. The first-order valence-electron chi connectivity index (χ1n) is 10.3. The van der Waals surface area contributed by atoms with E-state index in [1.165, 1.54) is 21.0 Å². The molecule has 1 amide bonds. The highest BCUT2D eigenvalue weighted by Crippen LogP contribution is 2.24. The number of benzene rings is 2. The first-order valence-corrected chi connectivity index (χ1v) is 11.7. The Morgan fingerprint density at radius 3 is 2.58 bits per heavy atom.